The maximum Gasteiger partial charge on any atom is 0.134 e. The summed E-state index contributed by atoms with van der Waals surface area (Å²) in [6, 6.07) is 0. The van der Waals surface area contributed by atoms with Gasteiger partial charge in [0.05, 0.1) is 0 Å². The van der Waals surface area contributed by atoms with Crippen molar-refractivity contribution in [3.05, 3.63) is 0 Å². The lowest BCUT2D eigenvalue weighted by Gasteiger charge is -2.37. The molecule has 0 aromatic rings. The highest BCUT2D eigenvalue weighted by molar-refractivity contribution is 7.85. The van der Waals surface area contributed by atoms with Gasteiger partial charge in [0, 0.05) is 34.6 Å². The van der Waals surface area contributed by atoms with Gasteiger partial charge < -0.3 is 0 Å². The first kappa shape index (κ1) is 12.9. The van der Waals surface area contributed by atoms with Crippen molar-refractivity contribution >= 4 is 16.6 Å². The van der Waals surface area contributed by atoms with Crippen LogP contribution in [0.2, 0.25) is 0 Å². The lowest BCUT2D eigenvalue weighted by Crippen LogP contribution is -2.41. The molecule has 0 saturated heterocycles. The first-order valence-corrected chi connectivity index (χ1v) is 7.10. The Bertz CT molecular complexity index is 269. The number of ketones is 1. The van der Waals surface area contributed by atoms with Gasteiger partial charge in [-0.15, -0.1) is 0 Å². The van der Waals surface area contributed by atoms with E-state index in [1.165, 1.54) is 0 Å². The Morgan fingerprint density at radius 2 is 2.07 bits per heavy atom. The minimum absolute atomic E-state index is 0.0632. The second-order valence-electron chi connectivity index (χ2n) is 5.66. The molecular weight excluding hydrogens is 208 g/mol. The summed E-state index contributed by atoms with van der Waals surface area (Å²) in [6.45, 7) is 8.44. The molecule has 0 bridgehead atoms. The third kappa shape index (κ3) is 3.40. The molecule has 1 rings (SSSR count). The van der Waals surface area contributed by atoms with Crippen LogP contribution in [0, 0.1) is 11.3 Å². The number of carbonyl (C=O) groups is 1. The van der Waals surface area contributed by atoms with Crippen LogP contribution in [0.5, 0.6) is 0 Å². The quantitative estimate of drug-likeness (QED) is 0.746. The van der Waals surface area contributed by atoms with Gasteiger partial charge in [-0.25, -0.2) is 0 Å². The maximum absolute atomic E-state index is 12.1. The van der Waals surface area contributed by atoms with Gasteiger partial charge in [0.15, 0.2) is 0 Å². The minimum Gasteiger partial charge on any atom is -0.300 e. The summed E-state index contributed by atoms with van der Waals surface area (Å²) in [6.07, 6.45) is 2.08. The molecule has 2 atom stereocenters. The van der Waals surface area contributed by atoms with E-state index >= 15 is 0 Å². The molecule has 0 radical (unpaired) electrons. The van der Waals surface area contributed by atoms with Crippen molar-refractivity contribution in [2.45, 2.75) is 52.2 Å². The zero-order valence-corrected chi connectivity index (χ0v) is 11.0. The predicted octanol–water partition coefficient (Wildman–Crippen LogP) is 2.54. The molecule has 2 nitrogen and oxygen atoms in total. The minimum atomic E-state index is -0.848. The molecule has 3 heteroatoms. The first-order chi connectivity index (χ1) is 6.83. The predicted molar refractivity (Wildman–Crippen MR) is 64.3 cm³/mol. The van der Waals surface area contributed by atoms with E-state index in [0.29, 0.717) is 18.8 Å². The fraction of sp³-hybridized carbons (Fsp3) is 0.917. The molecule has 1 aliphatic rings. The van der Waals surface area contributed by atoms with Gasteiger partial charge in [-0.3, -0.25) is 9.00 Å². The molecule has 0 aromatic heterocycles. The molecule has 1 saturated carbocycles. The van der Waals surface area contributed by atoms with E-state index < -0.39 is 10.8 Å². The zero-order valence-electron chi connectivity index (χ0n) is 10.2. The largest absolute Gasteiger partial charge is 0.300 e. The van der Waals surface area contributed by atoms with E-state index in [1.54, 1.807) is 0 Å². The van der Waals surface area contributed by atoms with Crippen LogP contribution in [0.15, 0.2) is 0 Å². The molecule has 0 amide bonds. The summed E-state index contributed by atoms with van der Waals surface area (Å²) in [4.78, 5) is 11.4. The van der Waals surface area contributed by atoms with E-state index in [1.807, 2.05) is 0 Å². The highest BCUT2D eigenvalue weighted by Crippen LogP contribution is 2.37. The van der Waals surface area contributed by atoms with Crippen molar-refractivity contribution in [2.24, 2.45) is 11.3 Å². The average molecular weight is 230 g/mol. The number of Topliss-reactive ketones (excluding diaryl/α,β-unsaturated/α-hetero) is 1. The lowest BCUT2D eigenvalue weighted by molar-refractivity contribution is -0.121. The van der Waals surface area contributed by atoms with Gasteiger partial charge in [-0.1, -0.05) is 27.7 Å². The van der Waals surface area contributed by atoms with Crippen molar-refractivity contribution in [2.75, 3.05) is 5.75 Å². The summed E-state index contributed by atoms with van der Waals surface area (Å²) in [5, 5.41) is 0.0705. The van der Waals surface area contributed by atoms with E-state index in [2.05, 4.69) is 27.7 Å². The monoisotopic (exact) mass is 230 g/mol. The van der Waals surface area contributed by atoms with Gasteiger partial charge in [0.25, 0.3) is 0 Å². The summed E-state index contributed by atoms with van der Waals surface area (Å²) < 4.78 is 12.1. The normalized spacial score (nSPS) is 28.1. The Labute approximate surface area is 95.3 Å². The topological polar surface area (TPSA) is 34.1 Å². The summed E-state index contributed by atoms with van der Waals surface area (Å²) in [5.41, 5.74) is 0.0632. The van der Waals surface area contributed by atoms with Gasteiger partial charge in [-0.2, -0.15) is 0 Å². The van der Waals surface area contributed by atoms with Crippen molar-refractivity contribution in [1.82, 2.24) is 0 Å². The van der Waals surface area contributed by atoms with Gasteiger partial charge in [0.1, 0.15) is 5.78 Å². The highest BCUT2D eigenvalue weighted by atomic mass is 32.2. The number of carbonyl (C=O) groups excluding carboxylic acids is 1. The summed E-state index contributed by atoms with van der Waals surface area (Å²) in [5.74, 6) is 1.46. The van der Waals surface area contributed by atoms with Crippen LogP contribution < -0.4 is 0 Å². The molecule has 0 spiro atoms. The molecule has 1 aliphatic carbocycles. The molecule has 88 valence electrons. The van der Waals surface area contributed by atoms with Crippen molar-refractivity contribution in [3.8, 4) is 0 Å². The highest BCUT2D eigenvalue weighted by Gasteiger charge is 2.39. The molecule has 2 unspecified atom stereocenters. The Hall–Kier alpha value is -0.180. The van der Waals surface area contributed by atoms with Crippen molar-refractivity contribution in [1.29, 1.82) is 0 Å². The first-order valence-electron chi connectivity index (χ1n) is 5.72. The molecule has 0 N–H and O–H groups in total. The fourth-order valence-electron chi connectivity index (χ4n) is 2.10. The van der Waals surface area contributed by atoms with Gasteiger partial charge in [0.2, 0.25) is 0 Å². The second-order valence-corrected chi connectivity index (χ2v) is 7.33. The summed E-state index contributed by atoms with van der Waals surface area (Å²) in [7, 11) is -0.848. The van der Waals surface area contributed by atoms with Crippen LogP contribution in [0.1, 0.15) is 47.0 Å². The van der Waals surface area contributed by atoms with Crippen LogP contribution in [-0.4, -0.2) is 21.0 Å². The van der Waals surface area contributed by atoms with Crippen LogP contribution in [0.4, 0.5) is 0 Å². The van der Waals surface area contributed by atoms with E-state index in [0.717, 1.165) is 12.2 Å². The van der Waals surface area contributed by atoms with Gasteiger partial charge >= 0.3 is 0 Å². The molecule has 0 aromatic carbocycles. The van der Waals surface area contributed by atoms with E-state index in [4.69, 9.17) is 0 Å². The second kappa shape index (κ2) is 4.77. The number of rotatable bonds is 3. The van der Waals surface area contributed by atoms with Crippen molar-refractivity contribution < 1.29 is 9.00 Å². The maximum atomic E-state index is 12.1. The SMILES string of the molecule is CC(C)CS(=O)C1CC(=O)CCC1(C)C. The smallest absolute Gasteiger partial charge is 0.134 e. The third-order valence-corrected chi connectivity index (χ3v) is 5.58. The van der Waals surface area contributed by atoms with Gasteiger partial charge in [-0.05, 0) is 17.8 Å². The van der Waals surface area contributed by atoms with Crippen molar-refractivity contribution in [3.63, 3.8) is 0 Å². The van der Waals surface area contributed by atoms with Crippen LogP contribution in [0.3, 0.4) is 0 Å². The van der Waals surface area contributed by atoms with E-state index in [-0.39, 0.29) is 16.4 Å². The number of hydrogen-bond acceptors (Lipinski definition) is 2. The Morgan fingerprint density at radius 1 is 1.47 bits per heavy atom. The average Bonchev–Trinajstić information content (AvgIpc) is 2.08. The summed E-state index contributed by atoms with van der Waals surface area (Å²) >= 11 is 0. The Balaban J connectivity index is 2.71. The van der Waals surface area contributed by atoms with E-state index in [9.17, 15) is 9.00 Å². The fourth-order valence-corrected chi connectivity index (χ4v) is 4.19. The Kier molecular flexibility index (Phi) is 4.10. The van der Waals surface area contributed by atoms with Crippen LogP contribution in [0.25, 0.3) is 0 Å². The Morgan fingerprint density at radius 3 is 2.60 bits per heavy atom. The molecule has 0 heterocycles. The standard InChI is InChI=1S/C12H22O2S/c1-9(2)8-15(14)11-7-10(13)5-6-12(11,3)4/h9,11H,5-8H2,1-4H3. The molecule has 15 heavy (non-hydrogen) atoms. The lowest BCUT2D eigenvalue weighted by atomic mass is 9.76. The molecule has 0 aliphatic heterocycles. The number of hydrogen-bond donors (Lipinski definition) is 0. The zero-order chi connectivity index (χ0) is 11.6. The van der Waals surface area contributed by atoms with Crippen LogP contribution >= 0.6 is 0 Å². The third-order valence-electron chi connectivity index (χ3n) is 3.15. The van der Waals surface area contributed by atoms with Crippen LogP contribution in [-0.2, 0) is 15.6 Å². The molecular formula is C12H22O2S. The molecule has 1 fully saturated rings.